The van der Waals surface area contributed by atoms with Gasteiger partial charge in [-0.2, -0.15) is 0 Å². The summed E-state index contributed by atoms with van der Waals surface area (Å²) >= 11 is 6.07. The fourth-order valence-corrected chi connectivity index (χ4v) is 3.78. The van der Waals surface area contributed by atoms with Crippen LogP contribution in [0.15, 0.2) is 72.8 Å². The predicted molar refractivity (Wildman–Crippen MR) is 125 cm³/mol. The summed E-state index contributed by atoms with van der Waals surface area (Å²) in [6.45, 7) is 0. The Balaban J connectivity index is 1.66. The number of rotatable bonds is 6. The Morgan fingerprint density at radius 1 is 0.939 bits per heavy atom. The minimum Gasteiger partial charge on any atom is -0.497 e. The fraction of sp³-hybridized carbons (Fsp3) is 0.160. The van der Waals surface area contributed by atoms with Gasteiger partial charge in [0.1, 0.15) is 11.5 Å². The van der Waals surface area contributed by atoms with E-state index in [1.54, 1.807) is 55.3 Å². The molecule has 0 spiro atoms. The number of hydrazone groups is 1. The minimum absolute atomic E-state index is 0.318. The maximum Gasteiger partial charge on any atom is 0.304 e. The molecule has 1 fully saturated rings. The van der Waals surface area contributed by atoms with Crippen LogP contribution >= 0.6 is 11.6 Å². The Bertz CT molecular complexity index is 1180. The van der Waals surface area contributed by atoms with Gasteiger partial charge in [-0.25, -0.2) is 0 Å². The molecule has 0 saturated carbocycles. The first-order valence-electron chi connectivity index (χ1n) is 10.3. The molecular formula is C25H23ClN3O4+. The standard InChI is InChI=1S/C25H22ClN3O4/c1-32-20-11-3-16(4-12-20)15-29-23(17-5-9-19(26)10-6-17)22(25(31)28-29)27-24(30)18-7-13-21(33-2)14-8-18/h3-15,22-23H,1-2H3,(H-,27,28,30,31)/p+1/b29-15-/t22-,23+/m1/s1. The van der Waals surface area contributed by atoms with Crippen LogP contribution in [0.3, 0.4) is 0 Å². The summed E-state index contributed by atoms with van der Waals surface area (Å²) in [5.74, 6) is 0.700. The molecule has 7 nitrogen and oxygen atoms in total. The van der Waals surface area contributed by atoms with Crippen LogP contribution in [-0.4, -0.2) is 43.0 Å². The maximum absolute atomic E-state index is 12.9. The highest BCUT2D eigenvalue weighted by Crippen LogP contribution is 2.27. The normalized spacial score (nSPS) is 18.6. The molecule has 3 aromatic rings. The van der Waals surface area contributed by atoms with Gasteiger partial charge in [0.15, 0.2) is 6.04 Å². The highest BCUT2D eigenvalue weighted by molar-refractivity contribution is 6.30. The molecule has 168 valence electrons. The number of benzene rings is 3. The highest BCUT2D eigenvalue weighted by atomic mass is 35.5. The molecule has 0 radical (unpaired) electrons. The third-order valence-electron chi connectivity index (χ3n) is 5.39. The summed E-state index contributed by atoms with van der Waals surface area (Å²) in [5, 5.41) is 3.46. The summed E-state index contributed by atoms with van der Waals surface area (Å²) in [5.41, 5.74) is 4.97. The minimum atomic E-state index is -0.824. The maximum atomic E-state index is 12.9. The molecule has 0 bridgehead atoms. The number of hydrogen-bond donors (Lipinski definition) is 2. The van der Waals surface area contributed by atoms with E-state index in [0.717, 1.165) is 16.9 Å². The quantitative estimate of drug-likeness (QED) is 0.548. The summed E-state index contributed by atoms with van der Waals surface area (Å²) < 4.78 is 12.1. The van der Waals surface area contributed by atoms with E-state index < -0.39 is 12.1 Å². The lowest BCUT2D eigenvalue weighted by Crippen LogP contribution is -2.42. The molecule has 1 aliphatic rings. The summed E-state index contributed by atoms with van der Waals surface area (Å²) in [7, 11) is 3.16. The van der Waals surface area contributed by atoms with Crippen molar-refractivity contribution in [1.82, 2.24) is 10.7 Å². The molecule has 1 saturated heterocycles. The number of hydrogen-bond acceptors (Lipinski definition) is 4. The second-order valence-electron chi connectivity index (χ2n) is 7.46. The average molecular weight is 465 g/mol. The van der Waals surface area contributed by atoms with Gasteiger partial charge in [-0.05, 0) is 60.7 Å². The van der Waals surface area contributed by atoms with Crippen LogP contribution in [0.5, 0.6) is 11.5 Å². The second-order valence-corrected chi connectivity index (χ2v) is 7.90. The molecule has 0 unspecified atom stereocenters. The van der Waals surface area contributed by atoms with Crippen LogP contribution in [0.4, 0.5) is 0 Å². The van der Waals surface area contributed by atoms with Gasteiger partial charge in [-0.15, -0.1) is 10.1 Å². The third-order valence-corrected chi connectivity index (χ3v) is 5.64. The van der Waals surface area contributed by atoms with Crippen molar-refractivity contribution in [3.63, 3.8) is 0 Å². The number of carbonyl (C=O) groups excluding carboxylic acids is 2. The predicted octanol–water partition coefficient (Wildman–Crippen LogP) is 3.37. The Morgan fingerprint density at radius 2 is 1.52 bits per heavy atom. The zero-order valence-electron chi connectivity index (χ0n) is 18.1. The Kier molecular flexibility index (Phi) is 6.60. The zero-order chi connectivity index (χ0) is 23.4. The van der Waals surface area contributed by atoms with Crippen molar-refractivity contribution in [2.45, 2.75) is 12.1 Å². The highest BCUT2D eigenvalue weighted by Gasteiger charge is 2.47. The molecule has 0 aliphatic carbocycles. The van der Waals surface area contributed by atoms with Crippen molar-refractivity contribution >= 4 is 29.6 Å². The van der Waals surface area contributed by atoms with Gasteiger partial charge in [0.2, 0.25) is 12.3 Å². The molecule has 2 amide bonds. The Labute approximate surface area is 196 Å². The van der Waals surface area contributed by atoms with Crippen molar-refractivity contribution in [2.75, 3.05) is 14.2 Å². The van der Waals surface area contributed by atoms with E-state index in [1.165, 1.54) is 0 Å². The van der Waals surface area contributed by atoms with E-state index in [-0.39, 0.29) is 11.8 Å². The van der Waals surface area contributed by atoms with E-state index >= 15 is 0 Å². The first kappa shape index (κ1) is 22.4. The van der Waals surface area contributed by atoms with Crippen LogP contribution < -0.4 is 20.2 Å². The molecule has 8 heteroatoms. The monoisotopic (exact) mass is 464 g/mol. The van der Waals surface area contributed by atoms with Crippen molar-refractivity contribution in [3.05, 3.63) is 94.5 Å². The lowest BCUT2D eigenvalue weighted by Gasteiger charge is -2.15. The van der Waals surface area contributed by atoms with Gasteiger partial charge in [-0.1, -0.05) is 23.7 Å². The van der Waals surface area contributed by atoms with E-state index in [1.807, 2.05) is 42.6 Å². The third kappa shape index (κ3) is 4.99. The number of methoxy groups -OCH3 is 2. The first-order chi connectivity index (χ1) is 16.0. The number of halogens is 1. The van der Waals surface area contributed by atoms with Crippen LogP contribution in [0.25, 0.3) is 0 Å². The van der Waals surface area contributed by atoms with Crippen LogP contribution in [-0.2, 0) is 4.79 Å². The number of nitrogens with one attached hydrogen (secondary N) is 2. The van der Waals surface area contributed by atoms with Crippen molar-refractivity contribution in [2.24, 2.45) is 0 Å². The number of ether oxygens (including phenoxy) is 2. The molecule has 4 rings (SSSR count). The molecule has 3 aromatic carbocycles. The molecule has 2 N–H and O–H groups in total. The van der Waals surface area contributed by atoms with Gasteiger partial charge in [0.25, 0.3) is 5.91 Å². The van der Waals surface area contributed by atoms with Crippen LogP contribution in [0.1, 0.15) is 27.5 Å². The molecule has 1 aliphatic heterocycles. The number of hydrazine groups is 1. The van der Waals surface area contributed by atoms with Gasteiger partial charge < -0.3 is 14.8 Å². The smallest absolute Gasteiger partial charge is 0.304 e. The summed E-state index contributed by atoms with van der Waals surface area (Å²) in [4.78, 5) is 25.9. The second kappa shape index (κ2) is 9.75. The molecular weight excluding hydrogens is 442 g/mol. The lowest BCUT2D eigenvalue weighted by atomic mass is 9.99. The van der Waals surface area contributed by atoms with Gasteiger partial charge >= 0.3 is 5.91 Å². The van der Waals surface area contributed by atoms with E-state index in [0.29, 0.717) is 16.3 Å². The van der Waals surface area contributed by atoms with E-state index in [2.05, 4.69) is 10.7 Å². The van der Waals surface area contributed by atoms with Gasteiger partial charge in [0.05, 0.1) is 14.2 Å². The van der Waals surface area contributed by atoms with Crippen molar-refractivity contribution in [3.8, 4) is 11.5 Å². The molecule has 33 heavy (non-hydrogen) atoms. The largest absolute Gasteiger partial charge is 0.497 e. The Hall–Kier alpha value is -3.84. The van der Waals surface area contributed by atoms with Crippen LogP contribution in [0, 0.1) is 0 Å². The van der Waals surface area contributed by atoms with Gasteiger partial charge in [0, 0.05) is 21.7 Å². The van der Waals surface area contributed by atoms with Crippen molar-refractivity contribution in [1.29, 1.82) is 0 Å². The lowest BCUT2D eigenvalue weighted by molar-refractivity contribution is -0.596. The van der Waals surface area contributed by atoms with Crippen LogP contribution in [0.2, 0.25) is 5.02 Å². The molecule has 0 aromatic heterocycles. The van der Waals surface area contributed by atoms with Crippen molar-refractivity contribution < 1.29 is 23.7 Å². The SMILES string of the molecule is COc1ccc(/C=[N+]2\NC(=O)[C@H](NC(=O)c3ccc(OC)cc3)[C@@H]2c2ccc(Cl)cc2)cc1. The molecule has 2 atom stereocenters. The molecule has 1 heterocycles. The number of carbonyl (C=O) groups is 2. The van der Waals surface area contributed by atoms with E-state index in [4.69, 9.17) is 21.1 Å². The Morgan fingerprint density at radius 3 is 2.09 bits per heavy atom. The average Bonchev–Trinajstić information content (AvgIpc) is 3.14. The topological polar surface area (TPSA) is 79.7 Å². The van der Waals surface area contributed by atoms with E-state index in [9.17, 15) is 9.59 Å². The zero-order valence-corrected chi connectivity index (χ0v) is 18.9. The number of nitrogens with zero attached hydrogens (tertiary/aromatic N) is 1. The fourth-order valence-electron chi connectivity index (χ4n) is 3.66. The van der Waals surface area contributed by atoms with Gasteiger partial charge in [-0.3, -0.25) is 9.59 Å². The summed E-state index contributed by atoms with van der Waals surface area (Å²) in [6, 6.07) is 20.0. The summed E-state index contributed by atoms with van der Waals surface area (Å²) in [6.07, 6.45) is 1.82. The number of amides is 2. The first-order valence-corrected chi connectivity index (χ1v) is 10.6.